The second-order valence-electron chi connectivity index (χ2n) is 7.87. The average molecular weight is 392 g/mol. The Morgan fingerprint density at radius 3 is 2.59 bits per heavy atom. The second kappa shape index (κ2) is 7.66. The van der Waals surface area contributed by atoms with Crippen LogP contribution in [0.15, 0.2) is 34.9 Å². The second-order valence-corrected chi connectivity index (χ2v) is 7.87. The molecule has 0 radical (unpaired) electrons. The molecule has 2 N–H and O–H groups in total. The Hall–Kier alpha value is -3.22. The Kier molecular flexibility index (Phi) is 5.05. The van der Waals surface area contributed by atoms with Gasteiger partial charge in [-0.05, 0) is 57.4 Å². The molecule has 0 aliphatic heterocycles. The zero-order valence-corrected chi connectivity index (χ0v) is 16.8. The van der Waals surface area contributed by atoms with E-state index in [-0.39, 0.29) is 17.9 Å². The molecule has 29 heavy (non-hydrogen) atoms. The lowest BCUT2D eigenvalue weighted by molar-refractivity contribution is -0.120. The van der Waals surface area contributed by atoms with Gasteiger partial charge in [0.1, 0.15) is 0 Å². The molecular formula is C22H24N4O3. The van der Waals surface area contributed by atoms with Crippen LogP contribution in [0.3, 0.4) is 0 Å². The summed E-state index contributed by atoms with van der Waals surface area (Å²) in [5.74, 6) is 0.148. The molecule has 2 heterocycles. The largest absolute Gasteiger partial charge is 0.354 e. The maximum absolute atomic E-state index is 13.0. The molecule has 0 atom stereocenters. The fourth-order valence-corrected chi connectivity index (χ4v) is 3.34. The van der Waals surface area contributed by atoms with Crippen molar-refractivity contribution in [2.45, 2.75) is 52.0 Å². The minimum Gasteiger partial charge on any atom is -0.354 e. The molecule has 1 fully saturated rings. The van der Waals surface area contributed by atoms with E-state index in [1.54, 1.807) is 19.1 Å². The zero-order valence-electron chi connectivity index (χ0n) is 16.8. The highest BCUT2D eigenvalue weighted by Gasteiger charge is 2.28. The van der Waals surface area contributed by atoms with Crippen LogP contribution in [-0.2, 0) is 11.2 Å². The number of aromatic nitrogens is 2. The Balaban J connectivity index is 1.52. The summed E-state index contributed by atoms with van der Waals surface area (Å²) in [6.45, 7) is 5.66. The SMILES string of the molecule is Cc1noc2nc(C3CC3)cc(C(=O)Nc3ccc(CC(=O)NC(C)C)cc3)c12. The standard InChI is InChI=1S/C22H24N4O3/c1-12(2)23-19(27)10-14-4-8-16(9-5-14)24-21(28)17-11-18(15-6-7-15)25-22-20(17)13(3)26-29-22/h4-5,8-9,11-12,15H,6-7,10H2,1-3H3,(H,23,27)(H,24,28). The van der Waals surface area contributed by atoms with E-state index in [0.29, 0.717) is 40.4 Å². The summed E-state index contributed by atoms with van der Waals surface area (Å²) in [5.41, 5.74) is 4.00. The number of hydrogen-bond acceptors (Lipinski definition) is 5. The van der Waals surface area contributed by atoms with E-state index in [1.807, 2.05) is 32.0 Å². The Bertz CT molecular complexity index is 1070. The van der Waals surface area contributed by atoms with Crippen LogP contribution in [0.25, 0.3) is 11.1 Å². The number of fused-ring (bicyclic) bond motifs is 1. The van der Waals surface area contributed by atoms with Gasteiger partial charge in [0.05, 0.1) is 23.1 Å². The van der Waals surface area contributed by atoms with Crippen LogP contribution in [0.2, 0.25) is 0 Å². The Morgan fingerprint density at radius 2 is 1.93 bits per heavy atom. The van der Waals surface area contributed by atoms with Crippen LogP contribution >= 0.6 is 0 Å². The maximum Gasteiger partial charge on any atom is 0.259 e. The summed E-state index contributed by atoms with van der Waals surface area (Å²) >= 11 is 0. The number of rotatable bonds is 6. The number of carbonyl (C=O) groups is 2. The molecule has 2 aromatic heterocycles. The Labute approximate surface area is 168 Å². The molecule has 1 saturated carbocycles. The molecule has 4 rings (SSSR count). The molecular weight excluding hydrogens is 368 g/mol. The van der Waals surface area contributed by atoms with Crippen molar-refractivity contribution in [1.29, 1.82) is 0 Å². The van der Waals surface area contributed by atoms with Gasteiger partial charge in [0, 0.05) is 23.3 Å². The maximum atomic E-state index is 13.0. The molecule has 1 aromatic carbocycles. The van der Waals surface area contributed by atoms with Gasteiger partial charge in [-0.1, -0.05) is 17.3 Å². The van der Waals surface area contributed by atoms with Crippen LogP contribution in [-0.4, -0.2) is 28.0 Å². The smallest absolute Gasteiger partial charge is 0.259 e. The van der Waals surface area contributed by atoms with Crippen LogP contribution in [0.4, 0.5) is 5.69 Å². The number of benzene rings is 1. The molecule has 0 bridgehead atoms. The van der Waals surface area contributed by atoms with Gasteiger partial charge in [-0.25, -0.2) is 4.98 Å². The first-order chi connectivity index (χ1) is 13.9. The number of nitrogens with zero attached hydrogens (tertiary/aromatic N) is 2. The topological polar surface area (TPSA) is 97.1 Å². The first kappa shape index (κ1) is 19.1. The average Bonchev–Trinajstić information content (AvgIpc) is 3.45. The first-order valence-electron chi connectivity index (χ1n) is 9.87. The number of anilines is 1. The van der Waals surface area contributed by atoms with Gasteiger partial charge in [0.2, 0.25) is 5.91 Å². The van der Waals surface area contributed by atoms with Crippen LogP contribution in [0, 0.1) is 6.92 Å². The normalized spacial score (nSPS) is 13.7. The molecule has 2 amide bonds. The lowest BCUT2D eigenvalue weighted by Crippen LogP contribution is -2.31. The lowest BCUT2D eigenvalue weighted by Gasteiger charge is -2.10. The fraction of sp³-hybridized carbons (Fsp3) is 0.364. The van der Waals surface area contributed by atoms with E-state index >= 15 is 0 Å². The zero-order chi connectivity index (χ0) is 20.5. The lowest BCUT2D eigenvalue weighted by atomic mass is 10.1. The van der Waals surface area contributed by atoms with Crippen molar-refractivity contribution in [3.8, 4) is 0 Å². The summed E-state index contributed by atoms with van der Waals surface area (Å²) in [6, 6.07) is 9.26. The molecule has 0 unspecified atom stereocenters. The highest BCUT2D eigenvalue weighted by atomic mass is 16.5. The number of nitrogens with one attached hydrogen (secondary N) is 2. The molecule has 1 aliphatic rings. The fourth-order valence-electron chi connectivity index (χ4n) is 3.34. The number of aryl methyl sites for hydroxylation is 1. The van der Waals surface area contributed by atoms with Gasteiger partial charge in [0.15, 0.2) is 0 Å². The molecule has 3 aromatic rings. The van der Waals surface area contributed by atoms with Crippen molar-refractivity contribution in [2.75, 3.05) is 5.32 Å². The molecule has 7 heteroatoms. The molecule has 0 saturated heterocycles. The van der Waals surface area contributed by atoms with Gasteiger partial charge < -0.3 is 15.2 Å². The molecule has 7 nitrogen and oxygen atoms in total. The number of hydrogen-bond donors (Lipinski definition) is 2. The highest BCUT2D eigenvalue weighted by Crippen LogP contribution is 2.40. The summed E-state index contributed by atoms with van der Waals surface area (Å²) in [4.78, 5) is 29.4. The Morgan fingerprint density at radius 1 is 1.21 bits per heavy atom. The summed E-state index contributed by atoms with van der Waals surface area (Å²) in [5, 5.41) is 10.4. The van der Waals surface area contributed by atoms with E-state index < -0.39 is 0 Å². The third kappa shape index (κ3) is 4.29. The molecule has 1 aliphatic carbocycles. The van der Waals surface area contributed by atoms with E-state index in [1.165, 1.54) is 0 Å². The quantitative estimate of drug-likeness (QED) is 0.666. The third-order valence-electron chi connectivity index (χ3n) is 4.90. The van der Waals surface area contributed by atoms with Gasteiger partial charge in [-0.2, -0.15) is 0 Å². The third-order valence-corrected chi connectivity index (χ3v) is 4.90. The van der Waals surface area contributed by atoms with Crippen LogP contribution in [0.5, 0.6) is 0 Å². The summed E-state index contributed by atoms with van der Waals surface area (Å²) in [7, 11) is 0. The van der Waals surface area contributed by atoms with Crippen molar-refractivity contribution < 1.29 is 14.1 Å². The van der Waals surface area contributed by atoms with Crippen molar-refractivity contribution in [1.82, 2.24) is 15.5 Å². The minimum atomic E-state index is -0.226. The van der Waals surface area contributed by atoms with Crippen molar-refractivity contribution >= 4 is 28.6 Å². The van der Waals surface area contributed by atoms with E-state index in [2.05, 4.69) is 20.8 Å². The van der Waals surface area contributed by atoms with E-state index in [0.717, 1.165) is 24.1 Å². The van der Waals surface area contributed by atoms with E-state index in [9.17, 15) is 9.59 Å². The monoisotopic (exact) mass is 392 g/mol. The van der Waals surface area contributed by atoms with Crippen LogP contribution in [0.1, 0.15) is 59.9 Å². The first-order valence-corrected chi connectivity index (χ1v) is 9.87. The van der Waals surface area contributed by atoms with Crippen molar-refractivity contribution in [3.63, 3.8) is 0 Å². The summed E-state index contributed by atoms with van der Waals surface area (Å²) < 4.78 is 5.31. The summed E-state index contributed by atoms with van der Waals surface area (Å²) in [6.07, 6.45) is 2.47. The van der Waals surface area contributed by atoms with Crippen molar-refractivity contribution in [3.05, 3.63) is 52.8 Å². The van der Waals surface area contributed by atoms with Gasteiger partial charge in [-0.3, -0.25) is 9.59 Å². The van der Waals surface area contributed by atoms with Gasteiger partial charge >= 0.3 is 0 Å². The van der Waals surface area contributed by atoms with E-state index in [4.69, 9.17) is 4.52 Å². The predicted molar refractivity (Wildman–Crippen MR) is 110 cm³/mol. The number of pyridine rings is 1. The molecule has 0 spiro atoms. The highest BCUT2D eigenvalue weighted by molar-refractivity contribution is 6.12. The van der Waals surface area contributed by atoms with Gasteiger partial charge in [0.25, 0.3) is 11.6 Å². The number of carbonyl (C=O) groups excluding carboxylic acids is 2. The minimum absolute atomic E-state index is 0.0218. The van der Waals surface area contributed by atoms with Crippen LogP contribution < -0.4 is 10.6 Å². The van der Waals surface area contributed by atoms with Crippen molar-refractivity contribution in [2.24, 2.45) is 0 Å². The molecule has 150 valence electrons. The predicted octanol–water partition coefficient (Wildman–Crippen LogP) is 3.73. The van der Waals surface area contributed by atoms with Gasteiger partial charge in [-0.15, -0.1) is 0 Å². The number of amides is 2.